The van der Waals surface area contributed by atoms with Gasteiger partial charge >= 0.3 is 0 Å². The SMILES string of the molecule is CN=S1(=O)N[C@@H](CC(C)C)CCc2c1nn(C)c2C(=O)Nc1ccc(F)c(C#N)c1. The number of aromatic nitrogens is 2. The number of nitrogens with zero attached hydrogens (tertiary/aromatic N) is 4. The zero-order chi connectivity index (χ0) is 22.1. The Hall–Kier alpha value is -2.77. The number of nitriles is 1. The molecule has 0 radical (unpaired) electrons. The van der Waals surface area contributed by atoms with E-state index in [2.05, 4.69) is 33.3 Å². The molecule has 1 aliphatic heterocycles. The van der Waals surface area contributed by atoms with Crippen LogP contribution in [0.1, 0.15) is 48.3 Å². The van der Waals surface area contributed by atoms with E-state index in [0.717, 1.165) is 12.5 Å². The van der Waals surface area contributed by atoms with Crippen LogP contribution in [-0.4, -0.2) is 33.0 Å². The van der Waals surface area contributed by atoms with Crippen molar-refractivity contribution < 1.29 is 13.4 Å². The summed E-state index contributed by atoms with van der Waals surface area (Å²) >= 11 is 0. The Labute approximate surface area is 175 Å². The third-order valence-electron chi connectivity index (χ3n) is 5.01. The molecule has 0 fully saturated rings. The first kappa shape index (κ1) is 21.9. The normalized spacial score (nSPS) is 20.9. The van der Waals surface area contributed by atoms with Crippen LogP contribution in [0.2, 0.25) is 0 Å². The van der Waals surface area contributed by atoms with E-state index in [9.17, 15) is 13.4 Å². The zero-order valence-electron chi connectivity index (χ0n) is 17.4. The fraction of sp³-hybridized carbons (Fsp3) is 0.450. The topological polar surface area (TPSA) is 112 Å². The standard InChI is InChI=1S/C20H25FN6O2S/c1-12(2)9-15-5-7-16-18(27(4)25-20(16)30(29,23-3)26-15)19(28)24-14-6-8-17(21)13(10-14)11-22/h6,8,10,12,15H,5,7,9H2,1-4H3,(H,24,28)(H,23,26,29)/t15-,30?/m1/s1. The number of nitrogens with one attached hydrogen (secondary N) is 2. The van der Waals surface area contributed by atoms with E-state index in [0.29, 0.717) is 30.0 Å². The maximum absolute atomic E-state index is 13.6. The van der Waals surface area contributed by atoms with E-state index in [-0.39, 0.29) is 22.3 Å². The van der Waals surface area contributed by atoms with Crippen LogP contribution in [0.15, 0.2) is 27.6 Å². The Balaban J connectivity index is 1.99. The number of carbonyl (C=O) groups is 1. The summed E-state index contributed by atoms with van der Waals surface area (Å²) in [7, 11) is 0.114. The smallest absolute Gasteiger partial charge is 0.274 e. The van der Waals surface area contributed by atoms with Gasteiger partial charge in [-0.15, -0.1) is 0 Å². The molecule has 2 N–H and O–H groups in total. The van der Waals surface area contributed by atoms with Gasteiger partial charge in [0.1, 0.15) is 17.6 Å². The van der Waals surface area contributed by atoms with E-state index >= 15 is 0 Å². The Kier molecular flexibility index (Phi) is 6.24. The van der Waals surface area contributed by atoms with Gasteiger partial charge in [0.25, 0.3) is 5.91 Å². The molecule has 1 unspecified atom stereocenters. The summed E-state index contributed by atoms with van der Waals surface area (Å²) in [6, 6.07) is 5.52. The minimum absolute atomic E-state index is 0.00750. The summed E-state index contributed by atoms with van der Waals surface area (Å²) in [6.45, 7) is 4.19. The maximum Gasteiger partial charge on any atom is 0.274 e. The molecule has 1 amide bonds. The molecular formula is C20H25FN6O2S. The number of aryl methyl sites for hydroxylation is 1. The van der Waals surface area contributed by atoms with Crippen LogP contribution < -0.4 is 10.0 Å². The molecule has 8 nitrogen and oxygen atoms in total. The maximum atomic E-state index is 13.6. The number of amides is 1. The average Bonchev–Trinajstić information content (AvgIpc) is 2.97. The van der Waals surface area contributed by atoms with E-state index in [1.54, 1.807) is 13.1 Å². The number of halogens is 1. The zero-order valence-corrected chi connectivity index (χ0v) is 18.2. The van der Waals surface area contributed by atoms with Crippen molar-refractivity contribution in [1.82, 2.24) is 14.5 Å². The second kappa shape index (κ2) is 8.53. The molecule has 2 heterocycles. The van der Waals surface area contributed by atoms with Gasteiger partial charge < -0.3 is 5.32 Å². The van der Waals surface area contributed by atoms with Gasteiger partial charge in [-0.1, -0.05) is 13.8 Å². The molecule has 0 saturated heterocycles. The van der Waals surface area contributed by atoms with Crippen molar-refractivity contribution in [3.05, 3.63) is 40.8 Å². The summed E-state index contributed by atoms with van der Waals surface area (Å²) in [5, 5.41) is 16.3. The molecule has 1 aliphatic rings. The van der Waals surface area contributed by atoms with Crippen LogP contribution in [0.3, 0.4) is 0 Å². The van der Waals surface area contributed by atoms with Gasteiger partial charge in [-0.2, -0.15) is 10.4 Å². The predicted molar refractivity (Wildman–Crippen MR) is 112 cm³/mol. The molecule has 30 heavy (non-hydrogen) atoms. The van der Waals surface area contributed by atoms with Gasteiger partial charge in [-0.05, 0) is 43.4 Å². The van der Waals surface area contributed by atoms with Gasteiger partial charge in [0.2, 0.25) is 0 Å². The second-order valence-corrected chi connectivity index (χ2v) is 9.75. The van der Waals surface area contributed by atoms with Gasteiger partial charge in [-0.3, -0.25) is 9.48 Å². The number of rotatable bonds is 4. The highest BCUT2D eigenvalue weighted by Gasteiger charge is 2.33. The minimum Gasteiger partial charge on any atom is -0.321 e. The van der Waals surface area contributed by atoms with Crippen molar-refractivity contribution in [2.75, 3.05) is 12.4 Å². The van der Waals surface area contributed by atoms with Crippen LogP contribution in [0.5, 0.6) is 0 Å². The van der Waals surface area contributed by atoms with Crippen molar-refractivity contribution in [2.45, 2.75) is 44.2 Å². The number of fused-ring (bicyclic) bond motifs is 1. The van der Waals surface area contributed by atoms with E-state index < -0.39 is 21.6 Å². The van der Waals surface area contributed by atoms with E-state index in [1.807, 2.05) is 0 Å². The molecular weight excluding hydrogens is 407 g/mol. The lowest BCUT2D eigenvalue weighted by molar-refractivity contribution is 0.101. The summed E-state index contributed by atoms with van der Waals surface area (Å²) in [5.41, 5.74) is 0.992. The summed E-state index contributed by atoms with van der Waals surface area (Å²) in [5.74, 6) is -0.714. The van der Waals surface area contributed by atoms with Crippen molar-refractivity contribution in [1.29, 1.82) is 5.26 Å². The fourth-order valence-corrected chi connectivity index (χ4v) is 5.51. The Morgan fingerprint density at radius 1 is 1.53 bits per heavy atom. The third kappa shape index (κ3) is 4.22. The molecule has 160 valence electrons. The van der Waals surface area contributed by atoms with Gasteiger partial charge in [0.05, 0.1) is 5.56 Å². The molecule has 2 atom stereocenters. The van der Waals surface area contributed by atoms with Crippen LogP contribution in [-0.2, 0) is 23.4 Å². The first-order chi connectivity index (χ1) is 14.2. The highest BCUT2D eigenvalue weighted by atomic mass is 32.2. The molecule has 1 aromatic heterocycles. The number of anilines is 1. The van der Waals surface area contributed by atoms with E-state index in [4.69, 9.17) is 5.26 Å². The Bertz CT molecular complexity index is 1140. The average molecular weight is 433 g/mol. The highest BCUT2D eigenvalue weighted by molar-refractivity contribution is 7.91. The molecule has 0 aliphatic carbocycles. The minimum atomic E-state index is -2.97. The van der Waals surface area contributed by atoms with Crippen molar-refractivity contribution >= 4 is 21.5 Å². The number of benzene rings is 1. The number of carbonyl (C=O) groups excluding carboxylic acids is 1. The molecule has 2 aromatic rings. The van der Waals surface area contributed by atoms with Crippen LogP contribution in [0.25, 0.3) is 0 Å². The monoisotopic (exact) mass is 432 g/mol. The lowest BCUT2D eigenvalue weighted by Gasteiger charge is -2.19. The number of hydrogen-bond acceptors (Lipinski definition) is 5. The lowest BCUT2D eigenvalue weighted by Crippen LogP contribution is -2.34. The van der Waals surface area contributed by atoms with Crippen molar-refractivity contribution in [3.63, 3.8) is 0 Å². The van der Waals surface area contributed by atoms with Gasteiger partial charge in [-0.25, -0.2) is 17.7 Å². The second-order valence-electron chi connectivity index (χ2n) is 7.71. The quantitative estimate of drug-likeness (QED) is 0.773. The van der Waals surface area contributed by atoms with Crippen molar-refractivity contribution in [3.8, 4) is 6.07 Å². The van der Waals surface area contributed by atoms with Crippen LogP contribution in [0.4, 0.5) is 10.1 Å². The van der Waals surface area contributed by atoms with E-state index in [1.165, 1.54) is 23.9 Å². The third-order valence-corrected chi connectivity index (χ3v) is 7.03. The molecule has 0 bridgehead atoms. The summed E-state index contributed by atoms with van der Waals surface area (Å²) < 4.78 is 35.7. The Morgan fingerprint density at radius 2 is 2.27 bits per heavy atom. The first-order valence-electron chi connectivity index (χ1n) is 9.68. The first-order valence-corrected chi connectivity index (χ1v) is 11.2. The largest absolute Gasteiger partial charge is 0.321 e. The molecule has 10 heteroatoms. The lowest BCUT2D eigenvalue weighted by atomic mass is 9.98. The number of hydrogen-bond donors (Lipinski definition) is 2. The molecule has 0 spiro atoms. The van der Waals surface area contributed by atoms with Crippen LogP contribution >= 0.6 is 0 Å². The summed E-state index contributed by atoms with van der Waals surface area (Å²) in [4.78, 5) is 13.0. The molecule has 3 rings (SSSR count). The molecule has 1 aromatic carbocycles. The Morgan fingerprint density at radius 3 is 2.90 bits per heavy atom. The van der Waals surface area contributed by atoms with Crippen molar-refractivity contribution in [2.24, 2.45) is 17.3 Å². The van der Waals surface area contributed by atoms with Gasteiger partial charge in [0.15, 0.2) is 14.9 Å². The fourth-order valence-electron chi connectivity index (χ4n) is 3.69. The van der Waals surface area contributed by atoms with Crippen LogP contribution in [0, 0.1) is 23.1 Å². The highest BCUT2D eigenvalue weighted by Crippen LogP contribution is 2.28. The predicted octanol–water partition coefficient (Wildman–Crippen LogP) is 3.01. The summed E-state index contributed by atoms with van der Waals surface area (Å²) in [6.07, 6.45) is 2.05. The molecule has 0 saturated carbocycles. The van der Waals surface area contributed by atoms with Gasteiger partial charge in [0, 0.05) is 31.4 Å².